The molecule has 1 heterocycles. The minimum atomic E-state index is -5.61. The molecule has 8 heteroatoms. The Labute approximate surface area is 164 Å². The first-order valence-corrected chi connectivity index (χ1v) is 10.6. The summed E-state index contributed by atoms with van der Waals surface area (Å²) in [6.45, 7) is 6.52. The Morgan fingerprint density at radius 1 is 1.07 bits per heavy atom. The molecule has 0 saturated heterocycles. The first-order chi connectivity index (χ1) is 12.4. The second-order valence-corrected chi connectivity index (χ2v) is 9.24. The van der Waals surface area contributed by atoms with Crippen molar-refractivity contribution in [3.05, 3.63) is 68.8 Å². The molecule has 3 rings (SSSR count). The van der Waals surface area contributed by atoms with Crippen molar-refractivity contribution in [3.8, 4) is 0 Å². The van der Waals surface area contributed by atoms with Gasteiger partial charge in [0.25, 0.3) is 0 Å². The fourth-order valence-corrected chi connectivity index (χ4v) is 4.60. The Hall–Kier alpha value is -1.53. The molecular formula is C19H19BrF2NO3P. The number of aryl methyl sites for hydroxylation is 3. The summed E-state index contributed by atoms with van der Waals surface area (Å²) in [5, 5.41) is 1.15. The predicted octanol–water partition coefficient (Wildman–Crippen LogP) is 5.60. The average molecular weight is 458 g/mol. The van der Waals surface area contributed by atoms with E-state index >= 15 is 0 Å². The molecule has 2 N–H and O–H groups in total. The molecule has 0 amide bonds. The molecule has 0 radical (unpaired) electrons. The molecule has 0 aliphatic heterocycles. The lowest BCUT2D eigenvalue weighted by Crippen LogP contribution is -2.15. The molecule has 0 atom stereocenters. The normalized spacial score (nSPS) is 12.7. The molecule has 144 valence electrons. The summed E-state index contributed by atoms with van der Waals surface area (Å²) in [6.07, 6.45) is 0. The Kier molecular flexibility index (Phi) is 5.10. The zero-order valence-corrected chi connectivity index (χ0v) is 17.5. The third-order valence-electron chi connectivity index (χ3n) is 4.75. The van der Waals surface area contributed by atoms with Crippen LogP contribution in [-0.4, -0.2) is 14.4 Å². The maximum atomic E-state index is 14.0. The van der Waals surface area contributed by atoms with Crippen molar-refractivity contribution in [3.63, 3.8) is 0 Å². The van der Waals surface area contributed by atoms with Crippen LogP contribution in [0.4, 0.5) is 8.78 Å². The van der Waals surface area contributed by atoms with E-state index in [4.69, 9.17) is 9.79 Å². The number of benzene rings is 2. The molecule has 4 nitrogen and oxygen atoms in total. The molecule has 2 aromatic carbocycles. The van der Waals surface area contributed by atoms with Gasteiger partial charge in [-0.2, -0.15) is 8.78 Å². The lowest BCUT2D eigenvalue weighted by molar-refractivity contribution is 0.0557. The van der Waals surface area contributed by atoms with Crippen molar-refractivity contribution < 1.29 is 23.1 Å². The van der Waals surface area contributed by atoms with Gasteiger partial charge in [-0.25, -0.2) is 0 Å². The van der Waals surface area contributed by atoms with Crippen LogP contribution in [-0.2, 0) is 16.8 Å². The number of nitrogens with zero attached hydrogens (tertiary/aromatic N) is 1. The van der Waals surface area contributed by atoms with E-state index in [0.29, 0.717) is 6.54 Å². The zero-order valence-electron chi connectivity index (χ0n) is 15.0. The van der Waals surface area contributed by atoms with Crippen LogP contribution < -0.4 is 0 Å². The summed E-state index contributed by atoms with van der Waals surface area (Å²) >= 11 is 3.04. The van der Waals surface area contributed by atoms with Crippen molar-refractivity contribution in [2.75, 3.05) is 0 Å². The van der Waals surface area contributed by atoms with Gasteiger partial charge in [0, 0.05) is 27.7 Å². The molecule has 0 unspecified atom stereocenters. The van der Waals surface area contributed by atoms with Crippen LogP contribution in [0.3, 0.4) is 0 Å². The van der Waals surface area contributed by atoms with Gasteiger partial charge in [-0.1, -0.05) is 40.2 Å². The van der Waals surface area contributed by atoms with Gasteiger partial charge in [0.15, 0.2) is 0 Å². The van der Waals surface area contributed by atoms with E-state index in [-0.39, 0.29) is 4.47 Å². The highest BCUT2D eigenvalue weighted by Crippen LogP contribution is 2.60. The average Bonchev–Trinajstić information content (AvgIpc) is 2.88. The van der Waals surface area contributed by atoms with E-state index in [1.54, 1.807) is 0 Å². The van der Waals surface area contributed by atoms with E-state index in [0.717, 1.165) is 39.4 Å². The van der Waals surface area contributed by atoms with Crippen LogP contribution >= 0.6 is 23.5 Å². The quantitative estimate of drug-likeness (QED) is 0.500. The van der Waals surface area contributed by atoms with Crippen molar-refractivity contribution in [2.45, 2.75) is 33.0 Å². The predicted molar refractivity (Wildman–Crippen MR) is 105 cm³/mol. The minimum absolute atomic E-state index is 0.0321. The lowest BCUT2D eigenvalue weighted by atomic mass is 10.1. The SMILES string of the molecule is Cc1ccc(C)c2c1cc(C)n2Cc1ccc(C(F)(F)P(=O)(O)O)c(Br)c1. The topological polar surface area (TPSA) is 62.5 Å². The fourth-order valence-electron chi connectivity index (χ4n) is 3.27. The number of aromatic nitrogens is 1. The van der Waals surface area contributed by atoms with E-state index in [1.807, 2.05) is 26.8 Å². The fraction of sp³-hybridized carbons (Fsp3) is 0.263. The van der Waals surface area contributed by atoms with E-state index in [2.05, 4.69) is 32.6 Å². The van der Waals surface area contributed by atoms with E-state index < -0.39 is 18.8 Å². The van der Waals surface area contributed by atoms with Gasteiger partial charge >= 0.3 is 13.3 Å². The molecule has 0 fully saturated rings. The van der Waals surface area contributed by atoms with Crippen LogP contribution in [0, 0.1) is 20.8 Å². The molecule has 0 saturated carbocycles. The molecule has 0 aliphatic rings. The molecule has 27 heavy (non-hydrogen) atoms. The number of hydrogen-bond donors (Lipinski definition) is 2. The van der Waals surface area contributed by atoms with Crippen molar-refractivity contribution in [2.24, 2.45) is 0 Å². The largest absolute Gasteiger partial charge is 0.399 e. The number of alkyl halides is 2. The Balaban J connectivity index is 2.05. The summed E-state index contributed by atoms with van der Waals surface area (Å²) in [6, 6.07) is 10.2. The third kappa shape index (κ3) is 3.49. The Morgan fingerprint density at radius 2 is 1.70 bits per heavy atom. The third-order valence-corrected chi connectivity index (χ3v) is 6.38. The van der Waals surface area contributed by atoms with E-state index in [9.17, 15) is 13.3 Å². The summed E-state index contributed by atoms with van der Waals surface area (Å²) in [5.41, 5.74) is 0.196. The van der Waals surface area contributed by atoms with Crippen LogP contribution in [0.15, 0.2) is 40.9 Å². The molecule has 0 bridgehead atoms. The van der Waals surface area contributed by atoms with Crippen molar-refractivity contribution in [1.82, 2.24) is 4.57 Å². The van der Waals surface area contributed by atoms with Gasteiger partial charge in [0.2, 0.25) is 0 Å². The monoisotopic (exact) mass is 457 g/mol. The summed E-state index contributed by atoms with van der Waals surface area (Å²) < 4.78 is 41.2. The molecular weight excluding hydrogens is 439 g/mol. The summed E-state index contributed by atoms with van der Waals surface area (Å²) in [7, 11) is -5.61. The standard InChI is InChI=1S/C19H19BrF2NO3P/c1-11-4-5-12(2)18-15(11)8-13(3)23(18)10-14-6-7-16(17(20)9-14)19(21,22)27(24,25)26/h4-9H,10H2,1-3H3,(H2,24,25,26). The zero-order chi connectivity index (χ0) is 20.1. The minimum Gasteiger partial charge on any atom is -0.340 e. The molecule has 1 aromatic heterocycles. The highest BCUT2D eigenvalue weighted by Gasteiger charge is 2.51. The number of fused-ring (bicyclic) bond motifs is 1. The van der Waals surface area contributed by atoms with Crippen LogP contribution in [0.2, 0.25) is 0 Å². The highest BCUT2D eigenvalue weighted by molar-refractivity contribution is 9.10. The van der Waals surface area contributed by atoms with Crippen LogP contribution in [0.5, 0.6) is 0 Å². The van der Waals surface area contributed by atoms with Crippen molar-refractivity contribution in [1.29, 1.82) is 0 Å². The number of halogens is 3. The number of hydrogen-bond acceptors (Lipinski definition) is 1. The Bertz CT molecular complexity index is 1090. The van der Waals surface area contributed by atoms with E-state index in [1.165, 1.54) is 12.1 Å². The van der Waals surface area contributed by atoms with Gasteiger partial charge in [0.05, 0.1) is 5.52 Å². The van der Waals surface area contributed by atoms with Gasteiger partial charge in [-0.15, -0.1) is 0 Å². The maximum absolute atomic E-state index is 14.0. The van der Waals surface area contributed by atoms with Gasteiger partial charge in [-0.3, -0.25) is 4.57 Å². The second-order valence-electron chi connectivity index (χ2n) is 6.73. The molecule has 0 spiro atoms. The van der Waals surface area contributed by atoms with Crippen LogP contribution in [0.25, 0.3) is 10.9 Å². The summed E-state index contributed by atoms with van der Waals surface area (Å²) in [4.78, 5) is 17.9. The van der Waals surface area contributed by atoms with Crippen LogP contribution in [0.1, 0.15) is 27.9 Å². The first-order valence-electron chi connectivity index (χ1n) is 8.22. The smallest absolute Gasteiger partial charge is 0.340 e. The first kappa shape index (κ1) is 20.2. The molecule has 0 aliphatic carbocycles. The number of rotatable bonds is 4. The Morgan fingerprint density at radius 3 is 2.30 bits per heavy atom. The second kappa shape index (κ2) is 6.82. The molecule has 3 aromatic rings. The van der Waals surface area contributed by atoms with Gasteiger partial charge in [0.1, 0.15) is 0 Å². The summed E-state index contributed by atoms with van der Waals surface area (Å²) in [5.74, 6) is 0. The van der Waals surface area contributed by atoms with Gasteiger partial charge in [-0.05, 0) is 49.6 Å². The lowest BCUT2D eigenvalue weighted by Gasteiger charge is -2.20. The maximum Gasteiger partial charge on any atom is 0.399 e. The van der Waals surface area contributed by atoms with Gasteiger partial charge < -0.3 is 14.4 Å². The highest BCUT2D eigenvalue weighted by atomic mass is 79.9. The van der Waals surface area contributed by atoms with Crippen molar-refractivity contribution >= 4 is 34.4 Å².